The number of carbonyl (C=O) groups excluding carboxylic acids is 2. The average molecular weight is 491 g/mol. The lowest BCUT2D eigenvalue weighted by Gasteiger charge is -2.08. The van der Waals surface area contributed by atoms with E-state index in [1.165, 1.54) is 30.2 Å². The molecule has 7 nitrogen and oxygen atoms in total. The number of nitrogens with one attached hydrogen (secondary N) is 1. The summed E-state index contributed by atoms with van der Waals surface area (Å²) in [6.07, 6.45) is 3.11. The second kappa shape index (κ2) is 11.3. The van der Waals surface area contributed by atoms with Gasteiger partial charge in [0.2, 0.25) is 5.91 Å². The number of amides is 1. The number of esters is 1. The molecular formula is C22H23ClN4O3S2. The third-order valence-corrected chi connectivity index (χ3v) is 6.92. The molecule has 0 atom stereocenters. The van der Waals surface area contributed by atoms with E-state index in [-0.39, 0.29) is 11.7 Å². The predicted octanol–water partition coefficient (Wildman–Crippen LogP) is 4.85. The molecule has 32 heavy (non-hydrogen) atoms. The number of nitrogens with zero attached hydrogens (tertiary/aromatic N) is 3. The summed E-state index contributed by atoms with van der Waals surface area (Å²) in [7, 11) is 1.32. The van der Waals surface area contributed by atoms with E-state index in [1.54, 1.807) is 12.1 Å². The molecule has 1 N–H and O–H groups in total. The van der Waals surface area contributed by atoms with Crippen LogP contribution in [-0.4, -0.2) is 39.5 Å². The van der Waals surface area contributed by atoms with Crippen molar-refractivity contribution in [2.45, 2.75) is 31.5 Å². The van der Waals surface area contributed by atoms with Gasteiger partial charge in [-0.2, -0.15) is 0 Å². The zero-order chi connectivity index (χ0) is 23.1. The smallest absolute Gasteiger partial charge is 0.340 e. The van der Waals surface area contributed by atoms with Crippen LogP contribution >= 0.6 is 34.7 Å². The maximum atomic E-state index is 12.6. The molecule has 168 valence electrons. The van der Waals surface area contributed by atoms with Gasteiger partial charge in [-0.25, -0.2) is 4.79 Å². The van der Waals surface area contributed by atoms with E-state index >= 15 is 0 Å². The third-order valence-electron chi connectivity index (χ3n) is 4.50. The zero-order valence-corrected chi connectivity index (χ0v) is 20.1. The molecule has 0 fully saturated rings. The number of anilines is 1. The van der Waals surface area contributed by atoms with Crippen molar-refractivity contribution in [1.29, 1.82) is 0 Å². The van der Waals surface area contributed by atoms with Gasteiger partial charge in [-0.3, -0.25) is 4.79 Å². The summed E-state index contributed by atoms with van der Waals surface area (Å²) in [6, 6.07) is 9.31. The second-order valence-corrected chi connectivity index (χ2v) is 9.25. The number of carbonyl (C=O) groups is 2. The van der Waals surface area contributed by atoms with Crippen molar-refractivity contribution >= 4 is 51.6 Å². The van der Waals surface area contributed by atoms with Crippen LogP contribution in [0.2, 0.25) is 5.02 Å². The Kier molecular flexibility index (Phi) is 8.49. The number of allylic oxidation sites excluding steroid dienone is 1. The van der Waals surface area contributed by atoms with Gasteiger partial charge in [-0.05, 0) is 30.2 Å². The van der Waals surface area contributed by atoms with E-state index in [4.69, 9.17) is 16.3 Å². The van der Waals surface area contributed by atoms with Crippen molar-refractivity contribution in [3.63, 3.8) is 0 Å². The fourth-order valence-corrected chi connectivity index (χ4v) is 4.81. The van der Waals surface area contributed by atoms with E-state index < -0.39 is 5.97 Å². The molecule has 3 aromatic rings. The van der Waals surface area contributed by atoms with Gasteiger partial charge in [-0.15, -0.1) is 28.1 Å². The van der Waals surface area contributed by atoms with Gasteiger partial charge in [0.15, 0.2) is 5.16 Å². The van der Waals surface area contributed by atoms with Crippen LogP contribution in [0, 0.1) is 0 Å². The number of aromatic nitrogens is 3. The summed E-state index contributed by atoms with van der Waals surface area (Å²) < 4.78 is 6.75. The first-order chi connectivity index (χ1) is 15.4. The van der Waals surface area contributed by atoms with Gasteiger partial charge >= 0.3 is 5.97 Å². The summed E-state index contributed by atoms with van der Waals surface area (Å²) in [5.74, 6) is 0.184. The SMILES string of the molecule is C=CCn1c(Cc2ccc(Cl)cc2)nnc1SCC(=O)Nc1sc(CC)cc1C(=O)OC. The molecular weight excluding hydrogens is 468 g/mol. The highest BCUT2D eigenvalue weighted by Crippen LogP contribution is 2.30. The highest BCUT2D eigenvalue weighted by atomic mass is 35.5. The van der Waals surface area contributed by atoms with Crippen LogP contribution in [0.5, 0.6) is 0 Å². The van der Waals surface area contributed by atoms with Crippen LogP contribution in [0.4, 0.5) is 5.00 Å². The summed E-state index contributed by atoms with van der Waals surface area (Å²) in [5.41, 5.74) is 1.42. The van der Waals surface area contributed by atoms with Crippen molar-refractivity contribution in [1.82, 2.24) is 14.8 Å². The van der Waals surface area contributed by atoms with E-state index in [2.05, 4.69) is 22.1 Å². The number of halogens is 1. The third kappa shape index (κ3) is 5.99. The van der Waals surface area contributed by atoms with Crippen molar-refractivity contribution in [3.8, 4) is 0 Å². The fourth-order valence-electron chi connectivity index (χ4n) is 2.92. The number of thioether (sulfide) groups is 1. The Labute approximate surface area is 199 Å². The van der Waals surface area contributed by atoms with Crippen LogP contribution in [0.25, 0.3) is 0 Å². The molecule has 2 heterocycles. The van der Waals surface area contributed by atoms with Gasteiger partial charge in [0, 0.05) is 22.9 Å². The first kappa shape index (κ1) is 24.0. The van der Waals surface area contributed by atoms with Crippen LogP contribution in [-0.2, 0) is 28.9 Å². The van der Waals surface area contributed by atoms with E-state index in [9.17, 15) is 9.59 Å². The van der Waals surface area contributed by atoms with E-state index in [0.29, 0.717) is 33.7 Å². The Bertz CT molecular complexity index is 1110. The number of methoxy groups -OCH3 is 1. The summed E-state index contributed by atoms with van der Waals surface area (Å²) >= 11 is 8.61. The average Bonchev–Trinajstić information content (AvgIpc) is 3.37. The van der Waals surface area contributed by atoms with Crippen molar-refractivity contribution in [2.75, 3.05) is 18.2 Å². The Morgan fingerprint density at radius 2 is 2.06 bits per heavy atom. The number of thiophene rings is 1. The molecule has 0 bridgehead atoms. The maximum absolute atomic E-state index is 12.6. The molecule has 3 rings (SSSR count). The summed E-state index contributed by atoms with van der Waals surface area (Å²) in [4.78, 5) is 25.6. The molecule has 0 unspecified atom stereocenters. The van der Waals surface area contributed by atoms with Crippen LogP contribution in [0.15, 0.2) is 48.1 Å². The van der Waals surface area contributed by atoms with Crippen molar-refractivity contribution in [2.24, 2.45) is 0 Å². The molecule has 0 aliphatic heterocycles. The highest BCUT2D eigenvalue weighted by molar-refractivity contribution is 7.99. The standard InChI is InChI=1S/C22H23ClN4O3S2/c1-4-10-27-18(11-14-6-8-15(23)9-7-14)25-26-22(27)31-13-19(28)24-20-17(21(29)30-3)12-16(5-2)32-20/h4,6-9,12H,1,5,10-11,13H2,2-3H3,(H,24,28). The van der Waals surface area contributed by atoms with E-state index in [0.717, 1.165) is 22.7 Å². The first-order valence-corrected chi connectivity index (χ1v) is 12.0. The van der Waals surface area contributed by atoms with Crippen molar-refractivity contribution < 1.29 is 14.3 Å². The molecule has 0 radical (unpaired) electrons. The molecule has 0 aliphatic carbocycles. The number of aryl methyl sites for hydroxylation is 1. The largest absolute Gasteiger partial charge is 0.465 e. The maximum Gasteiger partial charge on any atom is 0.340 e. The quantitative estimate of drug-likeness (QED) is 0.248. The number of benzene rings is 1. The molecule has 0 saturated heterocycles. The second-order valence-electron chi connectivity index (χ2n) is 6.74. The van der Waals surface area contributed by atoms with Crippen LogP contribution < -0.4 is 5.32 Å². The fraction of sp³-hybridized carbons (Fsp3) is 0.273. The first-order valence-electron chi connectivity index (χ1n) is 9.86. The Morgan fingerprint density at radius 3 is 2.72 bits per heavy atom. The minimum absolute atomic E-state index is 0.121. The van der Waals surface area contributed by atoms with Crippen molar-refractivity contribution in [3.05, 3.63) is 69.8 Å². The highest BCUT2D eigenvalue weighted by Gasteiger charge is 2.19. The molecule has 1 amide bonds. The topological polar surface area (TPSA) is 86.1 Å². The molecule has 1 aromatic carbocycles. The number of hydrogen-bond acceptors (Lipinski definition) is 7. The molecule has 0 aliphatic rings. The van der Waals surface area contributed by atoms with Gasteiger partial charge in [-0.1, -0.05) is 48.5 Å². The Morgan fingerprint density at radius 1 is 1.31 bits per heavy atom. The normalized spacial score (nSPS) is 10.7. The zero-order valence-electron chi connectivity index (χ0n) is 17.8. The summed E-state index contributed by atoms with van der Waals surface area (Å²) in [6.45, 7) is 6.32. The van der Waals surface area contributed by atoms with E-state index in [1.807, 2.05) is 35.8 Å². The van der Waals surface area contributed by atoms with Crippen LogP contribution in [0.3, 0.4) is 0 Å². The lowest BCUT2D eigenvalue weighted by Crippen LogP contribution is -2.16. The monoisotopic (exact) mass is 490 g/mol. The number of ether oxygens (including phenoxy) is 1. The lowest BCUT2D eigenvalue weighted by molar-refractivity contribution is -0.113. The minimum atomic E-state index is -0.471. The van der Waals surface area contributed by atoms with Gasteiger partial charge in [0.25, 0.3) is 0 Å². The van der Waals surface area contributed by atoms with Gasteiger partial charge < -0.3 is 14.6 Å². The van der Waals surface area contributed by atoms with Gasteiger partial charge in [0.1, 0.15) is 10.8 Å². The Balaban J connectivity index is 1.69. The molecule has 10 heteroatoms. The predicted molar refractivity (Wildman–Crippen MR) is 129 cm³/mol. The Hall–Kier alpha value is -2.62. The molecule has 0 spiro atoms. The molecule has 2 aromatic heterocycles. The summed E-state index contributed by atoms with van der Waals surface area (Å²) in [5, 5.41) is 13.2. The minimum Gasteiger partial charge on any atom is -0.465 e. The lowest BCUT2D eigenvalue weighted by atomic mass is 10.1. The van der Waals surface area contributed by atoms with Gasteiger partial charge in [0.05, 0.1) is 18.4 Å². The molecule has 0 saturated carbocycles. The number of rotatable bonds is 10. The number of hydrogen-bond donors (Lipinski definition) is 1. The van der Waals surface area contributed by atoms with Crippen LogP contribution in [0.1, 0.15) is 33.5 Å².